The molecule has 0 saturated heterocycles. The molecule has 0 amide bonds. The summed E-state index contributed by atoms with van der Waals surface area (Å²) < 4.78 is 7.41. The number of hydrogen-bond donors (Lipinski definition) is 1. The van der Waals surface area contributed by atoms with E-state index in [1.165, 1.54) is 13.8 Å². The predicted octanol–water partition coefficient (Wildman–Crippen LogP) is 5.29. The standard InChI is InChI=1S/C21H20Cl2N2O3/c1-21(2,20(26)27)28-13-18-11-19(15-5-9-17(23)10-6-15)25(24-18)12-14-3-7-16(22)8-4-14/h3-11H,12-13H2,1-2H3,(H,26,27). The lowest BCUT2D eigenvalue weighted by molar-refractivity contribution is -0.162. The quantitative estimate of drug-likeness (QED) is 0.566. The van der Waals surface area contributed by atoms with E-state index in [2.05, 4.69) is 5.10 Å². The fraction of sp³-hybridized carbons (Fsp3) is 0.238. The van der Waals surface area contributed by atoms with Crippen molar-refractivity contribution >= 4 is 29.2 Å². The summed E-state index contributed by atoms with van der Waals surface area (Å²) in [5.74, 6) is -1.02. The molecule has 1 heterocycles. The van der Waals surface area contributed by atoms with E-state index in [-0.39, 0.29) is 6.61 Å². The minimum Gasteiger partial charge on any atom is -0.479 e. The molecule has 7 heteroatoms. The van der Waals surface area contributed by atoms with Crippen molar-refractivity contribution in [3.63, 3.8) is 0 Å². The van der Waals surface area contributed by atoms with Crippen molar-refractivity contribution < 1.29 is 14.6 Å². The van der Waals surface area contributed by atoms with E-state index in [1.807, 2.05) is 59.3 Å². The van der Waals surface area contributed by atoms with E-state index in [0.717, 1.165) is 16.8 Å². The van der Waals surface area contributed by atoms with Crippen LogP contribution < -0.4 is 0 Å². The third-order valence-corrected chi connectivity index (χ3v) is 4.82. The predicted molar refractivity (Wildman–Crippen MR) is 110 cm³/mol. The monoisotopic (exact) mass is 418 g/mol. The Morgan fingerprint density at radius 2 is 1.64 bits per heavy atom. The van der Waals surface area contributed by atoms with Crippen LogP contribution in [0.4, 0.5) is 0 Å². The van der Waals surface area contributed by atoms with Gasteiger partial charge in [0, 0.05) is 10.0 Å². The van der Waals surface area contributed by atoms with Gasteiger partial charge in [-0.1, -0.05) is 47.5 Å². The van der Waals surface area contributed by atoms with Gasteiger partial charge < -0.3 is 9.84 Å². The van der Waals surface area contributed by atoms with Gasteiger partial charge in [-0.3, -0.25) is 4.68 Å². The van der Waals surface area contributed by atoms with Crippen LogP contribution in [0.3, 0.4) is 0 Å². The number of carboxylic acid groups (broad SMARTS) is 1. The number of halogens is 2. The molecule has 0 bridgehead atoms. The summed E-state index contributed by atoms with van der Waals surface area (Å²) >= 11 is 12.0. The van der Waals surface area contributed by atoms with Gasteiger partial charge in [-0.15, -0.1) is 0 Å². The van der Waals surface area contributed by atoms with Crippen LogP contribution in [0.15, 0.2) is 54.6 Å². The molecule has 146 valence electrons. The smallest absolute Gasteiger partial charge is 0.335 e. The molecule has 5 nitrogen and oxygen atoms in total. The molecule has 0 radical (unpaired) electrons. The van der Waals surface area contributed by atoms with Crippen molar-refractivity contribution in [2.75, 3.05) is 0 Å². The Hall–Kier alpha value is -2.34. The summed E-state index contributed by atoms with van der Waals surface area (Å²) in [7, 11) is 0. The maximum absolute atomic E-state index is 11.3. The van der Waals surface area contributed by atoms with E-state index in [9.17, 15) is 9.90 Å². The molecule has 1 N–H and O–H groups in total. The first kappa shape index (κ1) is 20.4. The zero-order chi connectivity index (χ0) is 20.3. The molecule has 2 aromatic carbocycles. The van der Waals surface area contributed by atoms with Crippen LogP contribution in [0.5, 0.6) is 0 Å². The van der Waals surface area contributed by atoms with Gasteiger partial charge in [-0.05, 0) is 55.3 Å². The van der Waals surface area contributed by atoms with Crippen molar-refractivity contribution in [1.82, 2.24) is 9.78 Å². The van der Waals surface area contributed by atoms with Crippen LogP contribution in [0, 0.1) is 0 Å². The van der Waals surface area contributed by atoms with Gasteiger partial charge in [-0.2, -0.15) is 5.10 Å². The molecule has 0 saturated carbocycles. The second kappa shape index (κ2) is 8.35. The van der Waals surface area contributed by atoms with Crippen LogP contribution in [0.2, 0.25) is 10.0 Å². The first-order chi connectivity index (χ1) is 13.2. The first-order valence-corrected chi connectivity index (χ1v) is 9.45. The van der Waals surface area contributed by atoms with Crippen molar-refractivity contribution in [3.8, 4) is 11.3 Å². The molecule has 3 rings (SSSR count). The number of hydrogen-bond acceptors (Lipinski definition) is 3. The van der Waals surface area contributed by atoms with Crippen molar-refractivity contribution in [1.29, 1.82) is 0 Å². The van der Waals surface area contributed by atoms with Crippen LogP contribution in [-0.2, 0) is 22.7 Å². The highest BCUT2D eigenvalue weighted by molar-refractivity contribution is 6.30. The molecule has 3 aromatic rings. The lowest BCUT2D eigenvalue weighted by atomic mass is 10.1. The molecule has 0 atom stereocenters. The van der Waals surface area contributed by atoms with Gasteiger partial charge in [0.15, 0.2) is 5.60 Å². The Morgan fingerprint density at radius 3 is 2.21 bits per heavy atom. The number of nitrogens with zero attached hydrogens (tertiary/aromatic N) is 2. The Balaban J connectivity index is 1.91. The number of rotatable bonds is 7. The minimum absolute atomic E-state index is 0.0908. The average Bonchev–Trinajstić information content (AvgIpc) is 3.05. The molecule has 28 heavy (non-hydrogen) atoms. The molecule has 0 aliphatic heterocycles. The summed E-state index contributed by atoms with van der Waals surface area (Å²) in [6.45, 7) is 3.66. The molecule has 0 spiro atoms. The van der Waals surface area contributed by atoms with E-state index in [0.29, 0.717) is 22.3 Å². The topological polar surface area (TPSA) is 64.4 Å². The fourth-order valence-corrected chi connectivity index (χ4v) is 2.85. The lowest BCUT2D eigenvalue weighted by Gasteiger charge is -2.19. The number of aromatic nitrogens is 2. The SMILES string of the molecule is CC(C)(OCc1cc(-c2ccc(Cl)cc2)n(Cc2ccc(Cl)cc2)n1)C(=O)O. The third kappa shape index (κ3) is 4.93. The maximum Gasteiger partial charge on any atom is 0.335 e. The minimum atomic E-state index is -1.29. The normalized spacial score (nSPS) is 11.6. The molecular formula is C21H20Cl2N2O3. The van der Waals surface area contributed by atoms with Crippen molar-refractivity contribution in [2.45, 2.75) is 32.6 Å². The highest BCUT2D eigenvalue weighted by atomic mass is 35.5. The number of benzene rings is 2. The molecule has 0 fully saturated rings. The van der Waals surface area contributed by atoms with Gasteiger partial charge >= 0.3 is 5.97 Å². The van der Waals surface area contributed by atoms with E-state index in [1.54, 1.807) is 0 Å². The van der Waals surface area contributed by atoms with Gasteiger partial charge in [0.2, 0.25) is 0 Å². The van der Waals surface area contributed by atoms with Gasteiger partial charge in [0.25, 0.3) is 0 Å². The molecular weight excluding hydrogens is 399 g/mol. The Kier molecular flexibility index (Phi) is 6.08. The molecule has 0 aliphatic carbocycles. The van der Waals surface area contributed by atoms with Crippen LogP contribution in [0.1, 0.15) is 25.1 Å². The van der Waals surface area contributed by atoms with Crippen molar-refractivity contribution in [3.05, 3.63) is 75.9 Å². The number of aliphatic carboxylic acids is 1. The largest absolute Gasteiger partial charge is 0.479 e. The zero-order valence-corrected chi connectivity index (χ0v) is 17.0. The van der Waals surface area contributed by atoms with E-state index < -0.39 is 11.6 Å². The van der Waals surface area contributed by atoms with Crippen LogP contribution >= 0.6 is 23.2 Å². The summed E-state index contributed by atoms with van der Waals surface area (Å²) in [6.07, 6.45) is 0. The van der Waals surface area contributed by atoms with Gasteiger partial charge in [0.1, 0.15) is 0 Å². The summed E-state index contributed by atoms with van der Waals surface area (Å²) in [4.78, 5) is 11.3. The Bertz CT molecular complexity index is 964. The van der Waals surface area contributed by atoms with Gasteiger partial charge in [0.05, 0.1) is 24.5 Å². The third-order valence-electron chi connectivity index (χ3n) is 4.31. The second-order valence-corrected chi connectivity index (χ2v) is 7.79. The van der Waals surface area contributed by atoms with Crippen LogP contribution in [-0.4, -0.2) is 26.5 Å². The number of ether oxygens (including phenoxy) is 1. The van der Waals surface area contributed by atoms with Gasteiger partial charge in [-0.25, -0.2) is 4.79 Å². The second-order valence-electron chi connectivity index (χ2n) is 6.92. The first-order valence-electron chi connectivity index (χ1n) is 8.69. The maximum atomic E-state index is 11.3. The summed E-state index contributed by atoms with van der Waals surface area (Å²) in [6, 6.07) is 16.9. The van der Waals surface area contributed by atoms with E-state index in [4.69, 9.17) is 27.9 Å². The molecule has 0 unspecified atom stereocenters. The summed E-state index contributed by atoms with van der Waals surface area (Å²) in [5.41, 5.74) is 2.24. The molecule has 0 aliphatic rings. The highest BCUT2D eigenvalue weighted by Gasteiger charge is 2.28. The van der Waals surface area contributed by atoms with Crippen LogP contribution in [0.25, 0.3) is 11.3 Å². The summed E-state index contributed by atoms with van der Waals surface area (Å²) in [5, 5.41) is 15.2. The van der Waals surface area contributed by atoms with Crippen molar-refractivity contribution in [2.24, 2.45) is 0 Å². The fourth-order valence-electron chi connectivity index (χ4n) is 2.59. The number of carboxylic acids is 1. The Morgan fingerprint density at radius 1 is 1.07 bits per heavy atom. The molecule has 1 aromatic heterocycles. The Labute approximate surface area is 173 Å². The van der Waals surface area contributed by atoms with E-state index >= 15 is 0 Å². The zero-order valence-electron chi connectivity index (χ0n) is 15.5. The number of carbonyl (C=O) groups is 1. The highest BCUT2D eigenvalue weighted by Crippen LogP contribution is 2.25. The lowest BCUT2D eigenvalue weighted by Crippen LogP contribution is -2.34. The average molecular weight is 419 g/mol.